The van der Waals surface area contributed by atoms with Gasteiger partial charge in [-0.05, 0) is 43.2 Å². The number of rotatable bonds is 2. The van der Waals surface area contributed by atoms with E-state index in [1.54, 1.807) is 31.2 Å². The molecule has 2 aromatic rings. The molecular formula is C14H13ClN2O2. The van der Waals surface area contributed by atoms with E-state index in [-0.39, 0.29) is 17.2 Å². The molecule has 1 amide bonds. The lowest BCUT2D eigenvalue weighted by Gasteiger charge is -2.08. The molecule has 2 N–H and O–H groups in total. The minimum Gasteiger partial charge on any atom is -0.507 e. The van der Waals surface area contributed by atoms with Crippen molar-refractivity contribution in [2.45, 2.75) is 13.8 Å². The molecular weight excluding hydrogens is 264 g/mol. The molecule has 2 rings (SSSR count). The second-order valence-electron chi connectivity index (χ2n) is 4.31. The monoisotopic (exact) mass is 276 g/mol. The molecule has 0 aliphatic rings. The Labute approximate surface area is 116 Å². The van der Waals surface area contributed by atoms with Gasteiger partial charge in [-0.15, -0.1) is 0 Å². The molecule has 0 aliphatic carbocycles. The van der Waals surface area contributed by atoms with Crippen molar-refractivity contribution in [1.82, 2.24) is 4.98 Å². The Morgan fingerprint density at radius 3 is 2.68 bits per heavy atom. The van der Waals surface area contributed by atoms with Gasteiger partial charge in [0.05, 0.1) is 17.4 Å². The lowest BCUT2D eigenvalue weighted by atomic mass is 10.1. The third-order valence-electron chi connectivity index (χ3n) is 2.67. The zero-order valence-corrected chi connectivity index (χ0v) is 11.3. The largest absolute Gasteiger partial charge is 0.507 e. The van der Waals surface area contributed by atoms with Crippen LogP contribution in [0.25, 0.3) is 0 Å². The fourth-order valence-corrected chi connectivity index (χ4v) is 1.76. The van der Waals surface area contributed by atoms with Gasteiger partial charge in [-0.3, -0.25) is 4.79 Å². The topological polar surface area (TPSA) is 62.2 Å². The molecule has 0 fully saturated rings. The van der Waals surface area contributed by atoms with E-state index >= 15 is 0 Å². The Morgan fingerprint density at radius 1 is 1.32 bits per heavy atom. The Kier molecular flexibility index (Phi) is 3.71. The van der Waals surface area contributed by atoms with E-state index in [2.05, 4.69) is 10.3 Å². The number of pyridine rings is 1. The van der Waals surface area contributed by atoms with Crippen LogP contribution in [0.4, 0.5) is 5.69 Å². The number of hydrogen-bond donors (Lipinski definition) is 2. The number of aromatic hydroxyl groups is 1. The maximum Gasteiger partial charge on any atom is 0.259 e. The summed E-state index contributed by atoms with van der Waals surface area (Å²) in [5.41, 5.74) is 2.41. The molecule has 4 nitrogen and oxygen atoms in total. The maximum atomic E-state index is 12.0. The molecule has 5 heteroatoms. The van der Waals surface area contributed by atoms with Crippen LogP contribution in [0.5, 0.6) is 5.75 Å². The van der Waals surface area contributed by atoms with Crippen LogP contribution in [0.1, 0.15) is 21.5 Å². The summed E-state index contributed by atoms with van der Waals surface area (Å²) < 4.78 is 0. The van der Waals surface area contributed by atoms with Crippen LogP contribution in [0, 0.1) is 13.8 Å². The summed E-state index contributed by atoms with van der Waals surface area (Å²) in [5.74, 6) is -0.433. The molecule has 0 unspecified atom stereocenters. The first-order valence-corrected chi connectivity index (χ1v) is 6.08. The average molecular weight is 277 g/mol. The number of phenols is 1. The molecule has 0 bridgehead atoms. The van der Waals surface area contributed by atoms with Crippen molar-refractivity contribution in [3.05, 3.63) is 52.3 Å². The number of halogens is 1. The Morgan fingerprint density at radius 2 is 2.05 bits per heavy atom. The Hall–Kier alpha value is -2.07. The lowest BCUT2D eigenvalue weighted by molar-refractivity contribution is 0.102. The highest BCUT2D eigenvalue weighted by Crippen LogP contribution is 2.21. The standard InChI is InChI=1S/C14H13ClN2O2/c1-8-3-4-11(12(18)5-8)14(19)17-10-6-9(2)13(15)16-7-10/h3-7,18H,1-2H3,(H,17,19). The number of aryl methyl sites for hydroxylation is 2. The first kappa shape index (κ1) is 13.4. The normalized spacial score (nSPS) is 10.3. The molecule has 0 spiro atoms. The molecule has 0 saturated carbocycles. The molecule has 0 atom stereocenters. The highest BCUT2D eigenvalue weighted by atomic mass is 35.5. The van der Waals surface area contributed by atoms with E-state index in [4.69, 9.17) is 11.6 Å². The summed E-state index contributed by atoms with van der Waals surface area (Å²) in [6.45, 7) is 3.64. The second-order valence-corrected chi connectivity index (χ2v) is 4.66. The SMILES string of the molecule is Cc1ccc(C(=O)Nc2cnc(Cl)c(C)c2)c(O)c1. The predicted molar refractivity (Wildman–Crippen MR) is 74.8 cm³/mol. The molecule has 1 aromatic carbocycles. The van der Waals surface area contributed by atoms with Crippen LogP contribution < -0.4 is 5.32 Å². The van der Waals surface area contributed by atoms with Gasteiger partial charge in [-0.1, -0.05) is 17.7 Å². The van der Waals surface area contributed by atoms with Crippen LogP contribution in [0.3, 0.4) is 0 Å². The quantitative estimate of drug-likeness (QED) is 0.827. The van der Waals surface area contributed by atoms with E-state index < -0.39 is 0 Å². The Bertz CT molecular complexity index is 641. The van der Waals surface area contributed by atoms with Crippen LogP contribution >= 0.6 is 11.6 Å². The smallest absolute Gasteiger partial charge is 0.259 e. The van der Waals surface area contributed by atoms with E-state index in [0.29, 0.717) is 10.8 Å². The second kappa shape index (κ2) is 5.28. The van der Waals surface area contributed by atoms with Crippen molar-refractivity contribution in [1.29, 1.82) is 0 Å². The number of nitrogens with one attached hydrogen (secondary N) is 1. The minimum atomic E-state index is -0.388. The summed E-state index contributed by atoms with van der Waals surface area (Å²) in [7, 11) is 0. The minimum absolute atomic E-state index is 0.0452. The number of nitrogens with zero attached hydrogens (tertiary/aromatic N) is 1. The van der Waals surface area contributed by atoms with Crippen molar-refractivity contribution in [2.24, 2.45) is 0 Å². The van der Waals surface area contributed by atoms with Crippen LogP contribution in [0.15, 0.2) is 30.5 Å². The Balaban J connectivity index is 2.23. The van der Waals surface area contributed by atoms with E-state index in [1.165, 1.54) is 6.20 Å². The highest BCUT2D eigenvalue weighted by molar-refractivity contribution is 6.30. The number of phenolic OH excluding ortho intramolecular Hbond substituents is 1. The molecule has 0 radical (unpaired) electrons. The van der Waals surface area contributed by atoms with Crippen LogP contribution in [-0.4, -0.2) is 16.0 Å². The number of benzene rings is 1. The average Bonchev–Trinajstić information content (AvgIpc) is 2.33. The number of anilines is 1. The van der Waals surface area contributed by atoms with Gasteiger partial charge < -0.3 is 10.4 Å². The van der Waals surface area contributed by atoms with E-state index in [0.717, 1.165) is 11.1 Å². The molecule has 1 heterocycles. The van der Waals surface area contributed by atoms with E-state index in [9.17, 15) is 9.90 Å². The third kappa shape index (κ3) is 3.03. The van der Waals surface area contributed by atoms with Gasteiger partial charge in [0.1, 0.15) is 10.9 Å². The number of aromatic nitrogens is 1. The van der Waals surface area contributed by atoms with Crippen molar-refractivity contribution < 1.29 is 9.90 Å². The summed E-state index contributed by atoms with van der Waals surface area (Å²) >= 11 is 5.81. The van der Waals surface area contributed by atoms with Crippen molar-refractivity contribution >= 4 is 23.2 Å². The predicted octanol–water partition coefficient (Wildman–Crippen LogP) is 3.31. The lowest BCUT2D eigenvalue weighted by Crippen LogP contribution is -2.12. The van der Waals surface area contributed by atoms with Crippen molar-refractivity contribution in [2.75, 3.05) is 5.32 Å². The first-order chi connectivity index (χ1) is 8.97. The molecule has 1 aromatic heterocycles. The number of carbonyl (C=O) groups excluding carboxylic acids is 1. The number of hydrogen-bond acceptors (Lipinski definition) is 3. The van der Waals surface area contributed by atoms with Gasteiger partial charge >= 0.3 is 0 Å². The fourth-order valence-electron chi connectivity index (χ4n) is 1.66. The zero-order valence-electron chi connectivity index (χ0n) is 10.6. The fraction of sp³-hybridized carbons (Fsp3) is 0.143. The molecule has 0 saturated heterocycles. The van der Waals surface area contributed by atoms with E-state index in [1.807, 2.05) is 6.92 Å². The summed E-state index contributed by atoms with van der Waals surface area (Å²) in [4.78, 5) is 16.0. The first-order valence-electron chi connectivity index (χ1n) is 5.70. The third-order valence-corrected chi connectivity index (χ3v) is 3.07. The van der Waals surface area contributed by atoms with Gasteiger partial charge in [0, 0.05) is 0 Å². The van der Waals surface area contributed by atoms with Gasteiger partial charge in [0.25, 0.3) is 5.91 Å². The van der Waals surface area contributed by atoms with Gasteiger partial charge in [0.2, 0.25) is 0 Å². The zero-order chi connectivity index (χ0) is 14.0. The van der Waals surface area contributed by atoms with Crippen molar-refractivity contribution in [3.63, 3.8) is 0 Å². The molecule has 0 aliphatic heterocycles. The van der Waals surface area contributed by atoms with Crippen LogP contribution in [-0.2, 0) is 0 Å². The van der Waals surface area contributed by atoms with Gasteiger partial charge in [-0.2, -0.15) is 0 Å². The number of carbonyl (C=O) groups is 1. The molecule has 98 valence electrons. The molecule has 19 heavy (non-hydrogen) atoms. The maximum absolute atomic E-state index is 12.0. The van der Waals surface area contributed by atoms with Gasteiger partial charge in [-0.25, -0.2) is 4.98 Å². The highest BCUT2D eigenvalue weighted by Gasteiger charge is 2.11. The van der Waals surface area contributed by atoms with Crippen LogP contribution in [0.2, 0.25) is 5.15 Å². The summed E-state index contributed by atoms with van der Waals surface area (Å²) in [6, 6.07) is 6.61. The van der Waals surface area contributed by atoms with Crippen molar-refractivity contribution in [3.8, 4) is 5.75 Å². The summed E-state index contributed by atoms with van der Waals surface area (Å²) in [5, 5.41) is 12.8. The van der Waals surface area contributed by atoms with Gasteiger partial charge in [0.15, 0.2) is 0 Å². The number of amides is 1. The summed E-state index contributed by atoms with van der Waals surface area (Å²) in [6.07, 6.45) is 1.47.